The second kappa shape index (κ2) is 8.50. The second-order valence-corrected chi connectivity index (χ2v) is 3.93. The normalized spacial score (nSPS) is 15.1. The highest BCUT2D eigenvalue weighted by Gasteiger charge is 2.19. The first-order chi connectivity index (χ1) is 7.83. The molecule has 0 aromatic rings. The van der Waals surface area contributed by atoms with Crippen LogP contribution >= 0.6 is 0 Å². The number of ether oxygens (including phenoxy) is 2. The molecular formula is C11H22N2O3. The Morgan fingerprint density at radius 3 is 2.75 bits per heavy atom. The third-order valence-corrected chi connectivity index (χ3v) is 2.36. The Morgan fingerprint density at radius 2 is 2.06 bits per heavy atom. The van der Waals surface area contributed by atoms with Gasteiger partial charge in [-0.3, -0.25) is 4.79 Å². The van der Waals surface area contributed by atoms with Gasteiger partial charge in [0.25, 0.3) is 0 Å². The fourth-order valence-electron chi connectivity index (χ4n) is 1.27. The fraction of sp³-hybridized carbons (Fsp3) is 0.909. The van der Waals surface area contributed by atoms with Crippen LogP contribution in [0.5, 0.6) is 0 Å². The monoisotopic (exact) mass is 230 g/mol. The minimum absolute atomic E-state index is 0.0866. The first-order valence-corrected chi connectivity index (χ1v) is 5.89. The molecule has 1 saturated carbocycles. The van der Waals surface area contributed by atoms with E-state index < -0.39 is 0 Å². The molecule has 0 spiro atoms. The van der Waals surface area contributed by atoms with Gasteiger partial charge in [0, 0.05) is 32.7 Å². The molecule has 5 heteroatoms. The zero-order valence-electron chi connectivity index (χ0n) is 9.96. The maximum Gasteiger partial charge on any atom is 0.221 e. The van der Waals surface area contributed by atoms with E-state index in [4.69, 9.17) is 9.47 Å². The summed E-state index contributed by atoms with van der Waals surface area (Å²) in [5.74, 6) is 0.0866. The molecule has 1 fully saturated rings. The molecule has 94 valence electrons. The SMILES string of the molecule is COCCOCCNC(=O)CCNC1CC1. The number of nitrogens with one attached hydrogen (secondary N) is 2. The van der Waals surface area contributed by atoms with Crippen LogP contribution in [-0.2, 0) is 14.3 Å². The van der Waals surface area contributed by atoms with Crippen molar-refractivity contribution in [2.75, 3.05) is 40.0 Å². The Labute approximate surface area is 96.9 Å². The third kappa shape index (κ3) is 7.62. The van der Waals surface area contributed by atoms with Gasteiger partial charge in [0.2, 0.25) is 5.91 Å². The van der Waals surface area contributed by atoms with Crippen molar-refractivity contribution in [3.63, 3.8) is 0 Å². The second-order valence-electron chi connectivity index (χ2n) is 3.93. The van der Waals surface area contributed by atoms with Crippen LogP contribution < -0.4 is 10.6 Å². The molecule has 0 saturated heterocycles. The predicted octanol–water partition coefficient (Wildman–Crippen LogP) is -0.0923. The molecule has 16 heavy (non-hydrogen) atoms. The zero-order chi connectivity index (χ0) is 11.6. The van der Waals surface area contributed by atoms with Crippen molar-refractivity contribution in [2.24, 2.45) is 0 Å². The van der Waals surface area contributed by atoms with Crippen LogP contribution in [0.15, 0.2) is 0 Å². The Balaban J connectivity index is 1.78. The highest BCUT2D eigenvalue weighted by atomic mass is 16.5. The van der Waals surface area contributed by atoms with E-state index >= 15 is 0 Å². The van der Waals surface area contributed by atoms with E-state index in [1.807, 2.05) is 0 Å². The summed E-state index contributed by atoms with van der Waals surface area (Å²) >= 11 is 0. The molecule has 1 aliphatic carbocycles. The molecule has 0 aromatic heterocycles. The number of methoxy groups -OCH3 is 1. The van der Waals surface area contributed by atoms with Crippen LogP contribution in [0, 0.1) is 0 Å². The predicted molar refractivity (Wildman–Crippen MR) is 61.3 cm³/mol. The maximum atomic E-state index is 11.3. The fourth-order valence-corrected chi connectivity index (χ4v) is 1.27. The molecule has 0 unspecified atom stereocenters. The van der Waals surface area contributed by atoms with Gasteiger partial charge < -0.3 is 20.1 Å². The summed E-state index contributed by atoms with van der Waals surface area (Å²) < 4.78 is 10.1. The summed E-state index contributed by atoms with van der Waals surface area (Å²) in [5, 5.41) is 6.11. The molecule has 1 amide bonds. The highest BCUT2D eigenvalue weighted by molar-refractivity contribution is 5.76. The lowest BCUT2D eigenvalue weighted by molar-refractivity contribution is -0.121. The lowest BCUT2D eigenvalue weighted by Crippen LogP contribution is -2.31. The molecular weight excluding hydrogens is 208 g/mol. The van der Waals surface area contributed by atoms with Crippen molar-refractivity contribution in [3.8, 4) is 0 Å². The van der Waals surface area contributed by atoms with E-state index in [2.05, 4.69) is 10.6 Å². The van der Waals surface area contributed by atoms with E-state index in [0.717, 1.165) is 6.54 Å². The van der Waals surface area contributed by atoms with Gasteiger partial charge in [-0.15, -0.1) is 0 Å². The lowest BCUT2D eigenvalue weighted by Gasteiger charge is -2.06. The van der Waals surface area contributed by atoms with Gasteiger partial charge in [-0.05, 0) is 12.8 Å². The minimum atomic E-state index is 0.0866. The lowest BCUT2D eigenvalue weighted by atomic mass is 10.4. The highest BCUT2D eigenvalue weighted by Crippen LogP contribution is 2.18. The average molecular weight is 230 g/mol. The van der Waals surface area contributed by atoms with Gasteiger partial charge in [0.1, 0.15) is 0 Å². The number of hydrogen-bond acceptors (Lipinski definition) is 4. The summed E-state index contributed by atoms with van der Waals surface area (Å²) in [5.41, 5.74) is 0. The summed E-state index contributed by atoms with van der Waals surface area (Å²) in [6.45, 7) is 3.08. The number of rotatable bonds is 10. The standard InChI is InChI=1S/C11H22N2O3/c1-15-8-9-16-7-6-13-11(14)4-5-12-10-2-3-10/h10,12H,2-9H2,1H3,(H,13,14). The summed E-state index contributed by atoms with van der Waals surface area (Å²) in [6, 6.07) is 0.671. The van der Waals surface area contributed by atoms with Crippen molar-refractivity contribution in [1.82, 2.24) is 10.6 Å². The molecule has 0 aromatic carbocycles. The molecule has 0 heterocycles. The topological polar surface area (TPSA) is 59.6 Å². The van der Waals surface area contributed by atoms with Crippen LogP contribution in [0.25, 0.3) is 0 Å². The smallest absolute Gasteiger partial charge is 0.221 e. The van der Waals surface area contributed by atoms with Crippen LogP contribution in [0.1, 0.15) is 19.3 Å². The zero-order valence-corrected chi connectivity index (χ0v) is 9.96. The summed E-state index contributed by atoms with van der Waals surface area (Å²) in [4.78, 5) is 11.3. The first kappa shape index (κ1) is 13.4. The molecule has 5 nitrogen and oxygen atoms in total. The number of amides is 1. The Kier molecular flexibility index (Phi) is 7.12. The molecule has 0 atom stereocenters. The van der Waals surface area contributed by atoms with E-state index in [-0.39, 0.29) is 5.91 Å². The third-order valence-electron chi connectivity index (χ3n) is 2.36. The molecule has 0 bridgehead atoms. The van der Waals surface area contributed by atoms with Crippen LogP contribution in [0.4, 0.5) is 0 Å². The molecule has 0 aliphatic heterocycles. The van der Waals surface area contributed by atoms with Gasteiger partial charge in [0.15, 0.2) is 0 Å². The van der Waals surface area contributed by atoms with Crippen LogP contribution in [-0.4, -0.2) is 52.0 Å². The van der Waals surface area contributed by atoms with Crippen molar-refractivity contribution in [1.29, 1.82) is 0 Å². The summed E-state index contributed by atoms with van der Waals surface area (Å²) in [7, 11) is 1.64. The Bertz CT molecular complexity index is 196. The van der Waals surface area contributed by atoms with E-state index in [9.17, 15) is 4.79 Å². The van der Waals surface area contributed by atoms with E-state index in [1.165, 1.54) is 12.8 Å². The number of carbonyl (C=O) groups excluding carboxylic acids is 1. The minimum Gasteiger partial charge on any atom is -0.382 e. The van der Waals surface area contributed by atoms with Crippen molar-refractivity contribution in [2.45, 2.75) is 25.3 Å². The molecule has 2 N–H and O–H groups in total. The van der Waals surface area contributed by atoms with Crippen LogP contribution in [0.2, 0.25) is 0 Å². The summed E-state index contributed by atoms with van der Waals surface area (Å²) in [6.07, 6.45) is 3.07. The quantitative estimate of drug-likeness (QED) is 0.515. The molecule has 0 radical (unpaired) electrons. The number of hydrogen-bond donors (Lipinski definition) is 2. The van der Waals surface area contributed by atoms with E-state index in [1.54, 1.807) is 7.11 Å². The molecule has 1 aliphatic rings. The van der Waals surface area contributed by atoms with Gasteiger partial charge >= 0.3 is 0 Å². The Morgan fingerprint density at radius 1 is 1.25 bits per heavy atom. The Hall–Kier alpha value is -0.650. The van der Waals surface area contributed by atoms with E-state index in [0.29, 0.717) is 38.8 Å². The van der Waals surface area contributed by atoms with Crippen molar-refractivity contribution < 1.29 is 14.3 Å². The van der Waals surface area contributed by atoms with Crippen LogP contribution in [0.3, 0.4) is 0 Å². The first-order valence-electron chi connectivity index (χ1n) is 5.89. The van der Waals surface area contributed by atoms with Gasteiger partial charge in [0.05, 0.1) is 19.8 Å². The van der Waals surface area contributed by atoms with Gasteiger partial charge in [-0.1, -0.05) is 0 Å². The number of carbonyl (C=O) groups is 1. The molecule has 1 rings (SSSR count). The van der Waals surface area contributed by atoms with Crippen molar-refractivity contribution in [3.05, 3.63) is 0 Å². The largest absolute Gasteiger partial charge is 0.382 e. The van der Waals surface area contributed by atoms with Crippen molar-refractivity contribution >= 4 is 5.91 Å². The average Bonchev–Trinajstić information content (AvgIpc) is 3.07. The maximum absolute atomic E-state index is 11.3. The van der Waals surface area contributed by atoms with Gasteiger partial charge in [-0.2, -0.15) is 0 Å². The van der Waals surface area contributed by atoms with Gasteiger partial charge in [-0.25, -0.2) is 0 Å².